The molecule has 1 saturated heterocycles. The Kier molecular flexibility index (Phi) is 4.11. The van der Waals surface area contributed by atoms with Crippen molar-refractivity contribution in [2.45, 2.75) is 12.6 Å². The van der Waals surface area contributed by atoms with Crippen molar-refractivity contribution < 1.29 is 4.42 Å². The lowest BCUT2D eigenvalue weighted by Crippen LogP contribution is -2.44. The highest BCUT2D eigenvalue weighted by atomic mass is 32.2. The Hall–Kier alpha value is -0.450. The monoisotopic (exact) mass is 226 g/mol. The van der Waals surface area contributed by atoms with Crippen LogP contribution in [0.2, 0.25) is 0 Å². The summed E-state index contributed by atoms with van der Waals surface area (Å²) in [4.78, 5) is 2.31. The first-order chi connectivity index (χ1) is 7.34. The summed E-state index contributed by atoms with van der Waals surface area (Å²) in [5.74, 6) is 3.52. The highest BCUT2D eigenvalue weighted by molar-refractivity contribution is 7.99. The smallest absolute Gasteiger partial charge is 0.117 e. The average Bonchev–Trinajstić information content (AvgIpc) is 2.71. The Morgan fingerprint density at radius 2 is 2.60 bits per heavy atom. The van der Waals surface area contributed by atoms with Gasteiger partial charge in [0.1, 0.15) is 5.76 Å². The summed E-state index contributed by atoms with van der Waals surface area (Å²) in [5.41, 5.74) is 0. The fraction of sp³-hybridized carbons (Fsp3) is 0.636. The number of hydrogen-bond donors (Lipinski definition) is 1. The van der Waals surface area contributed by atoms with Crippen LogP contribution in [-0.4, -0.2) is 42.6 Å². The van der Waals surface area contributed by atoms with Crippen molar-refractivity contribution >= 4 is 11.8 Å². The third-order valence-corrected chi connectivity index (χ3v) is 3.67. The number of furan rings is 1. The van der Waals surface area contributed by atoms with Crippen molar-refractivity contribution in [2.24, 2.45) is 0 Å². The summed E-state index contributed by atoms with van der Waals surface area (Å²) in [6.45, 7) is 3.13. The molecule has 2 rings (SSSR count). The number of nitrogens with one attached hydrogen (secondary N) is 1. The predicted octanol–water partition coefficient (Wildman–Crippen LogP) is 1.42. The first-order valence-electron chi connectivity index (χ1n) is 5.36. The van der Waals surface area contributed by atoms with E-state index in [9.17, 15) is 0 Å². The molecule has 1 unspecified atom stereocenters. The molecule has 1 aromatic rings. The SMILES string of the molecule is CN(Cc1ccco1)CC1CSCCN1. The molecule has 0 aromatic carbocycles. The lowest BCUT2D eigenvalue weighted by molar-refractivity contribution is 0.268. The van der Waals surface area contributed by atoms with Gasteiger partial charge < -0.3 is 9.73 Å². The van der Waals surface area contributed by atoms with E-state index in [4.69, 9.17) is 4.42 Å². The molecule has 0 bridgehead atoms. The van der Waals surface area contributed by atoms with E-state index in [2.05, 4.69) is 17.3 Å². The highest BCUT2D eigenvalue weighted by Gasteiger charge is 2.15. The Morgan fingerprint density at radius 3 is 3.27 bits per heavy atom. The van der Waals surface area contributed by atoms with Crippen LogP contribution in [0, 0.1) is 0 Å². The fourth-order valence-electron chi connectivity index (χ4n) is 1.85. The van der Waals surface area contributed by atoms with Gasteiger partial charge in [-0.2, -0.15) is 11.8 Å². The average molecular weight is 226 g/mol. The van der Waals surface area contributed by atoms with E-state index >= 15 is 0 Å². The highest BCUT2D eigenvalue weighted by Crippen LogP contribution is 2.10. The van der Waals surface area contributed by atoms with E-state index in [1.54, 1.807) is 6.26 Å². The molecule has 2 heterocycles. The van der Waals surface area contributed by atoms with Crippen LogP contribution < -0.4 is 5.32 Å². The van der Waals surface area contributed by atoms with Crippen LogP contribution in [0.4, 0.5) is 0 Å². The molecule has 0 spiro atoms. The summed E-state index contributed by atoms with van der Waals surface area (Å²) in [6.07, 6.45) is 1.73. The molecule has 0 radical (unpaired) electrons. The molecular formula is C11H18N2OS. The molecular weight excluding hydrogens is 208 g/mol. The summed E-state index contributed by atoms with van der Waals surface area (Å²) < 4.78 is 5.33. The summed E-state index contributed by atoms with van der Waals surface area (Å²) >= 11 is 2.04. The Bertz CT molecular complexity index is 270. The maximum Gasteiger partial charge on any atom is 0.117 e. The summed E-state index contributed by atoms with van der Waals surface area (Å²) in [5, 5.41) is 3.54. The third kappa shape index (κ3) is 3.55. The molecule has 0 amide bonds. The van der Waals surface area contributed by atoms with E-state index < -0.39 is 0 Å². The van der Waals surface area contributed by atoms with E-state index in [1.165, 1.54) is 11.5 Å². The van der Waals surface area contributed by atoms with Gasteiger partial charge in [-0.3, -0.25) is 4.90 Å². The van der Waals surface area contributed by atoms with Gasteiger partial charge in [0, 0.05) is 30.6 Å². The van der Waals surface area contributed by atoms with Crippen LogP contribution in [0.5, 0.6) is 0 Å². The number of likely N-dealkylation sites (N-methyl/N-ethyl adjacent to an activating group) is 1. The number of nitrogens with zero attached hydrogens (tertiary/aromatic N) is 1. The second kappa shape index (κ2) is 5.58. The number of rotatable bonds is 4. The Balaban J connectivity index is 1.74. The topological polar surface area (TPSA) is 28.4 Å². The zero-order chi connectivity index (χ0) is 10.5. The lowest BCUT2D eigenvalue weighted by Gasteiger charge is -2.27. The van der Waals surface area contributed by atoms with Crippen molar-refractivity contribution in [2.75, 3.05) is 31.6 Å². The molecule has 1 aliphatic rings. The summed E-state index contributed by atoms with van der Waals surface area (Å²) in [6, 6.07) is 4.60. The van der Waals surface area contributed by atoms with Crippen molar-refractivity contribution in [3.05, 3.63) is 24.2 Å². The van der Waals surface area contributed by atoms with Gasteiger partial charge in [0.2, 0.25) is 0 Å². The van der Waals surface area contributed by atoms with Crippen LogP contribution in [0.15, 0.2) is 22.8 Å². The van der Waals surface area contributed by atoms with Crippen LogP contribution >= 0.6 is 11.8 Å². The van der Waals surface area contributed by atoms with Crippen LogP contribution in [-0.2, 0) is 6.54 Å². The molecule has 15 heavy (non-hydrogen) atoms. The quantitative estimate of drug-likeness (QED) is 0.840. The van der Waals surface area contributed by atoms with Gasteiger partial charge in [0.05, 0.1) is 12.8 Å². The molecule has 84 valence electrons. The molecule has 4 heteroatoms. The minimum Gasteiger partial charge on any atom is -0.468 e. The molecule has 3 nitrogen and oxygen atoms in total. The minimum atomic E-state index is 0.628. The minimum absolute atomic E-state index is 0.628. The van der Waals surface area contributed by atoms with Gasteiger partial charge in [-0.05, 0) is 19.2 Å². The van der Waals surface area contributed by atoms with Gasteiger partial charge >= 0.3 is 0 Å². The Labute approximate surface area is 95.2 Å². The van der Waals surface area contributed by atoms with Crippen molar-refractivity contribution in [3.8, 4) is 0 Å². The Morgan fingerprint density at radius 1 is 1.67 bits per heavy atom. The van der Waals surface area contributed by atoms with E-state index in [0.29, 0.717) is 6.04 Å². The van der Waals surface area contributed by atoms with E-state index in [1.807, 2.05) is 23.9 Å². The van der Waals surface area contributed by atoms with Crippen LogP contribution in [0.25, 0.3) is 0 Å². The zero-order valence-corrected chi connectivity index (χ0v) is 9.93. The first kappa shape index (κ1) is 11.0. The molecule has 1 atom stereocenters. The number of thioether (sulfide) groups is 1. The zero-order valence-electron chi connectivity index (χ0n) is 9.11. The molecule has 0 saturated carbocycles. The van der Waals surface area contributed by atoms with Gasteiger partial charge in [-0.15, -0.1) is 0 Å². The van der Waals surface area contributed by atoms with Crippen molar-refractivity contribution in [3.63, 3.8) is 0 Å². The van der Waals surface area contributed by atoms with E-state index in [-0.39, 0.29) is 0 Å². The van der Waals surface area contributed by atoms with Crippen molar-refractivity contribution in [1.82, 2.24) is 10.2 Å². The fourth-order valence-corrected chi connectivity index (χ4v) is 2.78. The first-order valence-corrected chi connectivity index (χ1v) is 6.52. The van der Waals surface area contributed by atoms with Gasteiger partial charge in [-0.1, -0.05) is 0 Å². The standard InChI is InChI=1S/C11H18N2OS/c1-13(8-11-3-2-5-14-11)7-10-9-15-6-4-12-10/h2-3,5,10,12H,4,6-9H2,1H3. The van der Waals surface area contributed by atoms with Gasteiger partial charge in [0.25, 0.3) is 0 Å². The maximum absolute atomic E-state index is 5.33. The third-order valence-electron chi connectivity index (χ3n) is 2.54. The predicted molar refractivity (Wildman–Crippen MR) is 64.2 cm³/mol. The lowest BCUT2D eigenvalue weighted by atomic mass is 10.3. The summed E-state index contributed by atoms with van der Waals surface area (Å²) in [7, 11) is 2.14. The second-order valence-corrected chi connectivity index (χ2v) is 5.15. The maximum atomic E-state index is 5.33. The second-order valence-electron chi connectivity index (χ2n) is 4.00. The molecule has 1 fully saturated rings. The molecule has 1 aliphatic heterocycles. The normalized spacial score (nSPS) is 22.1. The van der Waals surface area contributed by atoms with Gasteiger partial charge in [-0.25, -0.2) is 0 Å². The molecule has 1 N–H and O–H groups in total. The van der Waals surface area contributed by atoms with Crippen LogP contribution in [0.3, 0.4) is 0 Å². The van der Waals surface area contributed by atoms with Crippen LogP contribution in [0.1, 0.15) is 5.76 Å². The largest absolute Gasteiger partial charge is 0.468 e. The van der Waals surface area contributed by atoms with Crippen molar-refractivity contribution in [1.29, 1.82) is 0 Å². The van der Waals surface area contributed by atoms with E-state index in [0.717, 1.165) is 25.4 Å². The number of hydrogen-bond acceptors (Lipinski definition) is 4. The molecule has 1 aromatic heterocycles. The van der Waals surface area contributed by atoms with Gasteiger partial charge in [0.15, 0.2) is 0 Å². The molecule has 0 aliphatic carbocycles.